The van der Waals surface area contributed by atoms with Crippen molar-refractivity contribution < 1.29 is 14.3 Å². The molecule has 0 saturated carbocycles. The summed E-state index contributed by atoms with van der Waals surface area (Å²) in [5.41, 5.74) is 0.841. The predicted octanol–water partition coefficient (Wildman–Crippen LogP) is 4.67. The van der Waals surface area contributed by atoms with Crippen LogP contribution in [0.2, 0.25) is 0 Å². The third kappa shape index (κ3) is 4.14. The van der Waals surface area contributed by atoms with Gasteiger partial charge in [0.1, 0.15) is 0 Å². The summed E-state index contributed by atoms with van der Waals surface area (Å²) in [4.78, 5) is 14.2. The Hall–Kier alpha value is -3.01. The zero-order valence-corrected chi connectivity index (χ0v) is 15.1. The summed E-state index contributed by atoms with van der Waals surface area (Å²) >= 11 is 0. The molecule has 26 heavy (non-hydrogen) atoms. The van der Waals surface area contributed by atoms with E-state index in [0.29, 0.717) is 18.1 Å². The van der Waals surface area contributed by atoms with E-state index in [1.165, 1.54) is 0 Å². The van der Waals surface area contributed by atoms with E-state index in [2.05, 4.69) is 6.07 Å². The van der Waals surface area contributed by atoms with E-state index >= 15 is 0 Å². The first-order valence-electron chi connectivity index (χ1n) is 8.79. The third-order valence-electron chi connectivity index (χ3n) is 4.16. The number of amides is 1. The number of fused-ring (bicyclic) bond motifs is 1. The maximum Gasteiger partial charge on any atom is 0.264 e. The fourth-order valence-corrected chi connectivity index (χ4v) is 2.67. The lowest BCUT2D eigenvalue weighted by molar-refractivity contribution is -0.120. The minimum Gasteiger partial charge on any atom is -0.490 e. The number of benzene rings is 3. The van der Waals surface area contributed by atoms with Gasteiger partial charge in [-0.1, -0.05) is 49.4 Å². The molecule has 3 aromatic rings. The largest absolute Gasteiger partial charge is 0.490 e. The minimum atomic E-state index is -0.120. The molecular formula is C22H23NO3. The Balaban J connectivity index is 1.67. The van der Waals surface area contributed by atoms with E-state index in [4.69, 9.17) is 9.47 Å². The van der Waals surface area contributed by atoms with Gasteiger partial charge in [-0.05, 0) is 41.5 Å². The van der Waals surface area contributed by atoms with Crippen molar-refractivity contribution in [1.82, 2.24) is 0 Å². The summed E-state index contributed by atoms with van der Waals surface area (Å²) < 4.78 is 11.4. The van der Waals surface area contributed by atoms with Crippen LogP contribution in [0, 0.1) is 0 Å². The standard InChI is InChI=1S/C22H23NO3/c1-3-14-25-20-10-6-7-11-21(20)26-16-22(24)23(2)19-13-12-17-8-4-5-9-18(17)15-19/h4-13,15H,3,14,16H2,1-2H3. The molecule has 4 nitrogen and oxygen atoms in total. The van der Waals surface area contributed by atoms with Crippen LogP contribution in [0.1, 0.15) is 13.3 Å². The number of anilines is 1. The van der Waals surface area contributed by atoms with Crippen LogP contribution in [-0.4, -0.2) is 26.2 Å². The third-order valence-corrected chi connectivity index (χ3v) is 4.16. The van der Waals surface area contributed by atoms with Gasteiger partial charge in [-0.25, -0.2) is 0 Å². The lowest BCUT2D eigenvalue weighted by atomic mass is 10.1. The first-order chi connectivity index (χ1) is 12.7. The van der Waals surface area contributed by atoms with Gasteiger partial charge in [-0.15, -0.1) is 0 Å². The van der Waals surface area contributed by atoms with E-state index < -0.39 is 0 Å². The van der Waals surface area contributed by atoms with Crippen molar-refractivity contribution >= 4 is 22.4 Å². The van der Waals surface area contributed by atoms with E-state index in [1.54, 1.807) is 11.9 Å². The van der Waals surface area contributed by atoms with Crippen molar-refractivity contribution in [2.45, 2.75) is 13.3 Å². The van der Waals surface area contributed by atoms with Crippen molar-refractivity contribution in [3.63, 3.8) is 0 Å². The summed E-state index contributed by atoms with van der Waals surface area (Å²) in [7, 11) is 1.76. The molecule has 0 aliphatic rings. The summed E-state index contributed by atoms with van der Waals surface area (Å²) in [6, 6.07) is 21.5. The number of carbonyl (C=O) groups excluding carboxylic acids is 1. The summed E-state index contributed by atoms with van der Waals surface area (Å²) in [6.45, 7) is 2.62. The Kier molecular flexibility index (Phi) is 5.74. The molecule has 0 fully saturated rings. The number of ether oxygens (including phenoxy) is 2. The number of rotatable bonds is 7. The molecule has 0 saturated heterocycles. The quantitative estimate of drug-likeness (QED) is 0.622. The van der Waals surface area contributed by atoms with Gasteiger partial charge >= 0.3 is 0 Å². The minimum absolute atomic E-state index is 0.0458. The van der Waals surface area contributed by atoms with Crippen LogP contribution in [0.3, 0.4) is 0 Å². The first-order valence-corrected chi connectivity index (χ1v) is 8.79. The van der Waals surface area contributed by atoms with Crippen molar-refractivity contribution in [2.75, 3.05) is 25.2 Å². The molecule has 0 aliphatic carbocycles. The molecule has 4 heteroatoms. The molecule has 0 aliphatic heterocycles. The van der Waals surface area contributed by atoms with E-state index in [0.717, 1.165) is 22.9 Å². The molecule has 134 valence electrons. The molecule has 0 aromatic heterocycles. The second-order valence-corrected chi connectivity index (χ2v) is 6.07. The number of para-hydroxylation sites is 2. The summed E-state index contributed by atoms with van der Waals surface area (Å²) in [5.74, 6) is 1.13. The summed E-state index contributed by atoms with van der Waals surface area (Å²) in [6.07, 6.45) is 0.915. The first kappa shape index (κ1) is 17.8. The number of likely N-dealkylation sites (N-methyl/N-ethyl adjacent to an activating group) is 1. The molecule has 3 aromatic carbocycles. The fraction of sp³-hybridized carbons (Fsp3) is 0.227. The van der Waals surface area contributed by atoms with Crippen molar-refractivity contribution in [2.24, 2.45) is 0 Å². The van der Waals surface area contributed by atoms with Gasteiger partial charge in [0.2, 0.25) is 0 Å². The van der Waals surface area contributed by atoms with E-state index in [-0.39, 0.29) is 12.5 Å². The van der Waals surface area contributed by atoms with Gasteiger partial charge in [0.15, 0.2) is 18.1 Å². The van der Waals surface area contributed by atoms with Crippen LogP contribution < -0.4 is 14.4 Å². The SMILES string of the molecule is CCCOc1ccccc1OCC(=O)N(C)c1ccc2ccccc2c1. The molecule has 3 rings (SSSR count). The van der Waals surface area contributed by atoms with Gasteiger partial charge in [0.05, 0.1) is 6.61 Å². The highest BCUT2D eigenvalue weighted by molar-refractivity contribution is 5.96. The second kappa shape index (κ2) is 8.39. The molecule has 1 amide bonds. The van der Waals surface area contributed by atoms with Crippen LogP contribution in [0.15, 0.2) is 66.7 Å². The highest BCUT2D eigenvalue weighted by Crippen LogP contribution is 2.27. The Morgan fingerprint density at radius 2 is 1.54 bits per heavy atom. The van der Waals surface area contributed by atoms with Crippen molar-refractivity contribution in [3.05, 3.63) is 66.7 Å². The molecular weight excluding hydrogens is 326 g/mol. The Morgan fingerprint density at radius 3 is 2.27 bits per heavy atom. The van der Waals surface area contributed by atoms with Crippen LogP contribution in [0.4, 0.5) is 5.69 Å². The average molecular weight is 349 g/mol. The molecule has 0 N–H and O–H groups in total. The van der Waals surface area contributed by atoms with Crippen LogP contribution >= 0.6 is 0 Å². The summed E-state index contributed by atoms with van der Waals surface area (Å²) in [5, 5.41) is 2.25. The smallest absolute Gasteiger partial charge is 0.264 e. The Labute approximate surface area is 154 Å². The normalized spacial score (nSPS) is 10.5. The number of hydrogen-bond acceptors (Lipinski definition) is 3. The van der Waals surface area contributed by atoms with Gasteiger partial charge in [-0.3, -0.25) is 4.79 Å². The van der Waals surface area contributed by atoms with Crippen LogP contribution in [-0.2, 0) is 4.79 Å². The van der Waals surface area contributed by atoms with Gasteiger partial charge in [0.25, 0.3) is 5.91 Å². The molecule has 0 spiro atoms. The van der Waals surface area contributed by atoms with Crippen molar-refractivity contribution in [1.29, 1.82) is 0 Å². The van der Waals surface area contributed by atoms with Crippen LogP contribution in [0.25, 0.3) is 10.8 Å². The van der Waals surface area contributed by atoms with E-state index in [1.807, 2.05) is 67.6 Å². The van der Waals surface area contributed by atoms with Gasteiger partial charge < -0.3 is 14.4 Å². The maximum atomic E-state index is 12.5. The molecule has 0 atom stereocenters. The van der Waals surface area contributed by atoms with Gasteiger partial charge in [0, 0.05) is 12.7 Å². The van der Waals surface area contributed by atoms with Crippen molar-refractivity contribution in [3.8, 4) is 11.5 Å². The monoisotopic (exact) mass is 349 g/mol. The maximum absolute atomic E-state index is 12.5. The molecule has 0 radical (unpaired) electrons. The Bertz CT molecular complexity index is 891. The Morgan fingerprint density at radius 1 is 0.885 bits per heavy atom. The molecule has 0 heterocycles. The van der Waals surface area contributed by atoms with E-state index in [9.17, 15) is 4.79 Å². The highest BCUT2D eigenvalue weighted by atomic mass is 16.5. The predicted molar refractivity (Wildman–Crippen MR) is 105 cm³/mol. The highest BCUT2D eigenvalue weighted by Gasteiger charge is 2.13. The molecule has 0 bridgehead atoms. The number of hydrogen-bond donors (Lipinski definition) is 0. The lowest BCUT2D eigenvalue weighted by Crippen LogP contribution is -2.31. The fourth-order valence-electron chi connectivity index (χ4n) is 2.67. The number of carbonyl (C=O) groups is 1. The van der Waals surface area contributed by atoms with Crippen LogP contribution in [0.5, 0.6) is 11.5 Å². The number of nitrogens with zero attached hydrogens (tertiary/aromatic N) is 1. The average Bonchev–Trinajstić information content (AvgIpc) is 2.70. The lowest BCUT2D eigenvalue weighted by Gasteiger charge is -2.19. The van der Waals surface area contributed by atoms with Gasteiger partial charge in [-0.2, -0.15) is 0 Å². The second-order valence-electron chi connectivity index (χ2n) is 6.07. The molecule has 0 unspecified atom stereocenters. The zero-order valence-electron chi connectivity index (χ0n) is 15.1. The topological polar surface area (TPSA) is 38.8 Å². The zero-order chi connectivity index (χ0) is 18.4.